The number of piperazine rings is 1. The molecule has 8 nitrogen and oxygen atoms in total. The van der Waals surface area contributed by atoms with Gasteiger partial charge >= 0.3 is 0 Å². The first-order valence-electron chi connectivity index (χ1n) is 14.0. The molecule has 0 saturated carbocycles. The number of ether oxygens (including phenoxy) is 1. The molecule has 1 amide bonds. The fourth-order valence-electron chi connectivity index (χ4n) is 6.78. The van der Waals surface area contributed by atoms with Gasteiger partial charge in [-0.15, -0.1) is 0 Å². The molecule has 4 heterocycles. The number of phenols is 1. The van der Waals surface area contributed by atoms with Crippen molar-refractivity contribution in [3.8, 4) is 22.6 Å². The molecule has 2 saturated heterocycles. The monoisotopic (exact) mass is 580 g/mol. The zero-order chi connectivity index (χ0) is 29.2. The van der Waals surface area contributed by atoms with Gasteiger partial charge in [0.1, 0.15) is 12.4 Å². The van der Waals surface area contributed by atoms with Crippen LogP contribution >= 0.6 is 11.6 Å². The van der Waals surface area contributed by atoms with Crippen LogP contribution in [0, 0.1) is 12.7 Å². The van der Waals surface area contributed by atoms with Gasteiger partial charge in [0, 0.05) is 48.2 Å². The van der Waals surface area contributed by atoms with E-state index in [1.807, 2.05) is 14.0 Å². The molecule has 0 bridgehead atoms. The molecule has 3 atom stereocenters. The number of carbonyl (C=O) groups is 1. The molecule has 0 radical (unpaired) electrons. The lowest BCUT2D eigenvalue weighted by Gasteiger charge is -2.48. The second-order valence-electron chi connectivity index (χ2n) is 11.4. The number of aromatic nitrogens is 1. The summed E-state index contributed by atoms with van der Waals surface area (Å²) in [4.78, 5) is 32.7. The summed E-state index contributed by atoms with van der Waals surface area (Å²) in [6, 6.07) is 6.32. The van der Waals surface area contributed by atoms with Gasteiger partial charge in [0.2, 0.25) is 11.7 Å². The van der Waals surface area contributed by atoms with E-state index in [0.717, 1.165) is 19.4 Å². The van der Waals surface area contributed by atoms with Crippen LogP contribution in [0.2, 0.25) is 5.02 Å². The highest BCUT2D eigenvalue weighted by Crippen LogP contribution is 2.46. The Hall–Kier alpha value is -3.56. The Bertz CT molecular complexity index is 1620. The molecule has 2 aromatic carbocycles. The van der Waals surface area contributed by atoms with Crippen LogP contribution in [-0.4, -0.2) is 76.8 Å². The number of aryl methyl sites for hydroxylation is 1. The third-order valence-electron chi connectivity index (χ3n) is 8.94. The Morgan fingerprint density at radius 3 is 2.76 bits per heavy atom. The number of benzene rings is 2. The Labute approximate surface area is 243 Å². The molecule has 0 aliphatic carbocycles. The van der Waals surface area contributed by atoms with Crippen LogP contribution in [-0.2, 0) is 11.3 Å². The van der Waals surface area contributed by atoms with Crippen molar-refractivity contribution in [1.82, 2.24) is 14.4 Å². The first kappa shape index (κ1) is 27.6. The molecule has 6 rings (SSSR count). The van der Waals surface area contributed by atoms with Gasteiger partial charge in [0.15, 0.2) is 5.82 Å². The van der Waals surface area contributed by atoms with E-state index in [4.69, 9.17) is 16.3 Å². The Morgan fingerprint density at radius 1 is 1.29 bits per heavy atom. The number of hydrogen-bond acceptors (Lipinski definition) is 6. The maximum atomic E-state index is 17.0. The van der Waals surface area contributed by atoms with Gasteiger partial charge in [-0.3, -0.25) is 9.59 Å². The lowest BCUT2D eigenvalue weighted by atomic mass is 9.95. The number of amides is 1. The highest BCUT2D eigenvalue weighted by Gasteiger charge is 2.41. The molecule has 216 valence electrons. The molecule has 1 aromatic heterocycles. The third-order valence-corrected chi connectivity index (χ3v) is 9.24. The second-order valence-corrected chi connectivity index (χ2v) is 11.9. The zero-order valence-electron chi connectivity index (χ0n) is 23.5. The van der Waals surface area contributed by atoms with Crippen molar-refractivity contribution < 1.29 is 19.0 Å². The Balaban J connectivity index is 1.62. The minimum absolute atomic E-state index is 0.0594. The fourth-order valence-corrected chi connectivity index (χ4v) is 7.06. The smallest absolute Gasteiger partial charge is 0.295 e. The number of phenolic OH excluding ortho intramolecular Hbond substituents is 1. The summed E-state index contributed by atoms with van der Waals surface area (Å²) >= 11 is 6.83. The molecule has 3 aromatic rings. The number of pyridine rings is 1. The van der Waals surface area contributed by atoms with E-state index in [9.17, 15) is 14.7 Å². The molecule has 0 spiro atoms. The topological polar surface area (TPSA) is 78.2 Å². The number of likely N-dealkylation sites (tertiary alicyclic amines) is 1. The van der Waals surface area contributed by atoms with Gasteiger partial charge in [-0.05, 0) is 64.1 Å². The van der Waals surface area contributed by atoms with Crippen LogP contribution in [0.3, 0.4) is 0 Å². The van der Waals surface area contributed by atoms with Crippen molar-refractivity contribution in [2.45, 2.75) is 51.4 Å². The first-order chi connectivity index (χ1) is 19.6. The van der Waals surface area contributed by atoms with E-state index < -0.39 is 11.4 Å². The molecule has 3 unspecified atom stereocenters. The zero-order valence-corrected chi connectivity index (χ0v) is 24.2. The van der Waals surface area contributed by atoms with Gasteiger partial charge in [-0.2, -0.15) is 0 Å². The molecular formula is C31H34ClFN4O4. The molecule has 1 N–H and O–H groups in total. The number of carbonyl (C=O) groups excluding carboxylic acids is 1. The van der Waals surface area contributed by atoms with E-state index >= 15 is 4.39 Å². The summed E-state index contributed by atoms with van der Waals surface area (Å²) in [6.07, 6.45) is 3.19. The third kappa shape index (κ3) is 4.37. The maximum Gasteiger partial charge on any atom is 0.295 e. The molecule has 2 fully saturated rings. The van der Waals surface area contributed by atoms with Gasteiger partial charge in [-0.1, -0.05) is 30.3 Å². The number of nitrogens with zero attached hydrogens (tertiary/aromatic N) is 4. The summed E-state index contributed by atoms with van der Waals surface area (Å²) in [5.41, 5.74) is 1.25. The largest absolute Gasteiger partial charge is 0.507 e. The first-order valence-corrected chi connectivity index (χ1v) is 14.4. The number of hydrogen-bond donors (Lipinski definition) is 1. The number of likely N-dealkylation sites (N-methyl/N-ethyl adjacent to an activating group) is 1. The van der Waals surface area contributed by atoms with E-state index in [2.05, 4.69) is 16.4 Å². The van der Waals surface area contributed by atoms with E-state index in [-0.39, 0.29) is 58.2 Å². The highest BCUT2D eigenvalue weighted by atomic mass is 35.5. The normalized spacial score (nSPS) is 22.4. The van der Waals surface area contributed by atoms with Crippen molar-refractivity contribution in [2.75, 3.05) is 38.2 Å². The van der Waals surface area contributed by atoms with Gasteiger partial charge in [0.05, 0.1) is 22.3 Å². The van der Waals surface area contributed by atoms with Crippen molar-refractivity contribution >= 4 is 34.1 Å². The quantitative estimate of drug-likeness (QED) is 0.456. The molecule has 10 heteroatoms. The summed E-state index contributed by atoms with van der Waals surface area (Å²) in [6.45, 7) is 9.59. The lowest BCUT2D eigenvalue weighted by molar-refractivity contribution is -0.129. The number of fused-ring (bicyclic) bond motifs is 5. The van der Waals surface area contributed by atoms with Crippen molar-refractivity contribution in [3.05, 3.63) is 63.7 Å². The summed E-state index contributed by atoms with van der Waals surface area (Å²) in [7, 11) is 2.01. The average Bonchev–Trinajstić information content (AvgIpc) is 3.35. The summed E-state index contributed by atoms with van der Waals surface area (Å²) in [5.74, 6) is -0.742. The molecule has 41 heavy (non-hydrogen) atoms. The van der Waals surface area contributed by atoms with Crippen LogP contribution in [0.1, 0.15) is 25.3 Å². The van der Waals surface area contributed by atoms with Crippen molar-refractivity contribution in [2.24, 2.45) is 0 Å². The molecule has 3 aliphatic heterocycles. The van der Waals surface area contributed by atoms with Crippen LogP contribution in [0.5, 0.6) is 11.5 Å². The van der Waals surface area contributed by atoms with Crippen LogP contribution < -0.4 is 15.2 Å². The predicted molar refractivity (Wildman–Crippen MR) is 159 cm³/mol. The van der Waals surface area contributed by atoms with E-state index in [1.54, 1.807) is 30.0 Å². The SMILES string of the molecule is C=CC(=O)N1CC2COc3c(c4cc(Cl)c(-c5c(C)cccc5O)c(F)c4n(CC4CCCN4C)c3=O)N2CC1C. The lowest BCUT2D eigenvalue weighted by Crippen LogP contribution is -2.62. The van der Waals surface area contributed by atoms with Gasteiger partial charge < -0.3 is 29.1 Å². The average molecular weight is 581 g/mol. The maximum absolute atomic E-state index is 17.0. The number of anilines is 1. The number of halogens is 2. The van der Waals surface area contributed by atoms with Crippen LogP contribution in [0.25, 0.3) is 22.0 Å². The Kier molecular flexibility index (Phi) is 6.98. The number of rotatable bonds is 4. The molecular weight excluding hydrogens is 547 g/mol. The predicted octanol–water partition coefficient (Wildman–Crippen LogP) is 4.55. The fraction of sp³-hybridized carbons (Fsp3) is 0.419. The van der Waals surface area contributed by atoms with Gasteiger partial charge in [-0.25, -0.2) is 4.39 Å². The van der Waals surface area contributed by atoms with Crippen molar-refractivity contribution in [3.63, 3.8) is 0 Å². The van der Waals surface area contributed by atoms with E-state index in [1.165, 1.54) is 16.7 Å². The minimum atomic E-state index is -0.659. The number of aromatic hydroxyl groups is 1. The van der Waals surface area contributed by atoms with E-state index in [0.29, 0.717) is 41.8 Å². The van der Waals surface area contributed by atoms with Crippen LogP contribution in [0.15, 0.2) is 41.7 Å². The molecule has 3 aliphatic rings. The summed E-state index contributed by atoms with van der Waals surface area (Å²) < 4.78 is 24.6. The van der Waals surface area contributed by atoms with Crippen LogP contribution in [0.4, 0.5) is 10.1 Å². The van der Waals surface area contributed by atoms with Crippen molar-refractivity contribution in [1.29, 1.82) is 0 Å². The summed E-state index contributed by atoms with van der Waals surface area (Å²) in [5, 5.41) is 11.3. The highest BCUT2D eigenvalue weighted by molar-refractivity contribution is 6.34. The van der Waals surface area contributed by atoms with Gasteiger partial charge in [0.25, 0.3) is 5.56 Å². The minimum Gasteiger partial charge on any atom is -0.507 e. The standard InChI is InChI=1S/C31H34ClFN4O4/c1-5-24(39)35-15-20-16-41-30-29(36(20)13-18(35)3)21-12-22(32)26(25-17(2)8-6-10-23(25)38)27(33)28(21)37(31(30)40)14-19-9-7-11-34(19)4/h5-6,8,10,12,18-20,38H,1,7,9,11,13-16H2,2-4H3. The second kappa shape index (κ2) is 10.4. The Morgan fingerprint density at radius 2 is 2.07 bits per heavy atom.